The van der Waals surface area contributed by atoms with Crippen molar-refractivity contribution < 1.29 is 14.3 Å². The summed E-state index contributed by atoms with van der Waals surface area (Å²) in [5, 5.41) is 10.8. The fourth-order valence-corrected chi connectivity index (χ4v) is 3.08. The van der Waals surface area contributed by atoms with E-state index in [4.69, 9.17) is 4.74 Å². The second-order valence-corrected chi connectivity index (χ2v) is 6.44. The summed E-state index contributed by atoms with van der Waals surface area (Å²) in [6, 6.07) is 10.8. The van der Waals surface area contributed by atoms with Crippen LogP contribution in [0, 0.1) is 0 Å². The first-order chi connectivity index (χ1) is 11.7. The van der Waals surface area contributed by atoms with Crippen molar-refractivity contribution in [1.82, 2.24) is 5.32 Å². The van der Waals surface area contributed by atoms with Crippen molar-refractivity contribution >= 4 is 46.9 Å². The molecule has 1 aromatic carbocycles. The lowest BCUT2D eigenvalue weighted by atomic mass is 10.2. The molecule has 0 spiro atoms. The molecule has 134 valence electrons. The maximum Gasteiger partial charge on any atom is 0.265 e. The third-order valence-electron chi connectivity index (χ3n) is 3.58. The highest BCUT2D eigenvalue weighted by Gasteiger charge is 2.17. The second kappa shape index (κ2) is 9.53. The molecule has 1 fully saturated rings. The molecule has 8 heteroatoms. The van der Waals surface area contributed by atoms with E-state index in [-0.39, 0.29) is 30.3 Å². The highest BCUT2D eigenvalue weighted by molar-refractivity contribution is 7.12. The average Bonchev–Trinajstić information content (AvgIpc) is 3.10. The fraction of sp³-hybridized carbons (Fsp3) is 0.294. The van der Waals surface area contributed by atoms with Gasteiger partial charge in [-0.1, -0.05) is 12.1 Å². The van der Waals surface area contributed by atoms with Gasteiger partial charge in [-0.15, -0.1) is 23.7 Å². The molecule has 6 nitrogen and oxygen atoms in total. The summed E-state index contributed by atoms with van der Waals surface area (Å²) in [6.07, 6.45) is 0.353. The Bertz CT molecular complexity index is 703. The molecule has 2 amide bonds. The van der Waals surface area contributed by atoms with E-state index < -0.39 is 0 Å². The van der Waals surface area contributed by atoms with E-state index in [0.717, 1.165) is 6.54 Å². The van der Waals surface area contributed by atoms with E-state index in [2.05, 4.69) is 16.0 Å². The summed E-state index contributed by atoms with van der Waals surface area (Å²) >= 11 is 1.38. The molecule has 25 heavy (non-hydrogen) atoms. The summed E-state index contributed by atoms with van der Waals surface area (Å²) in [7, 11) is 0. The van der Waals surface area contributed by atoms with Crippen LogP contribution in [0.25, 0.3) is 0 Å². The number of benzene rings is 1. The Morgan fingerprint density at radius 2 is 2.00 bits per heavy atom. The van der Waals surface area contributed by atoms with Gasteiger partial charge in [0.2, 0.25) is 5.91 Å². The number of thiophene rings is 1. The van der Waals surface area contributed by atoms with Crippen LogP contribution in [0.3, 0.4) is 0 Å². The quantitative estimate of drug-likeness (QED) is 0.744. The minimum atomic E-state index is -0.156. The number of hydrogen-bond donors (Lipinski definition) is 3. The zero-order valence-corrected chi connectivity index (χ0v) is 15.1. The molecule has 2 heterocycles. The number of nitrogens with one attached hydrogen (secondary N) is 3. The van der Waals surface area contributed by atoms with Crippen molar-refractivity contribution in [3.63, 3.8) is 0 Å². The molecular weight excluding hydrogens is 362 g/mol. The molecule has 1 aromatic heterocycles. The molecule has 0 bridgehead atoms. The van der Waals surface area contributed by atoms with E-state index in [1.54, 1.807) is 30.3 Å². The van der Waals surface area contributed by atoms with Crippen molar-refractivity contribution in [1.29, 1.82) is 0 Å². The van der Waals surface area contributed by atoms with Crippen LogP contribution in [0.1, 0.15) is 16.1 Å². The lowest BCUT2D eigenvalue weighted by Crippen LogP contribution is -2.43. The van der Waals surface area contributed by atoms with Crippen molar-refractivity contribution in [2.75, 3.05) is 30.4 Å². The standard InChI is InChI=1S/C17H19N3O3S.ClH/c21-16(10-14-11-23-7-6-18-14)19-12-3-1-4-13(9-12)20-17(22)15-5-2-8-24-15;/h1-5,8-9,14,18H,6-7,10-11H2,(H,19,21)(H,20,22);1H. The fourth-order valence-electron chi connectivity index (χ4n) is 2.46. The molecule has 1 saturated heterocycles. The Balaban J connectivity index is 0.00000225. The van der Waals surface area contributed by atoms with Gasteiger partial charge in [-0.2, -0.15) is 0 Å². The number of amides is 2. The third-order valence-corrected chi connectivity index (χ3v) is 4.45. The van der Waals surface area contributed by atoms with Crippen LogP contribution >= 0.6 is 23.7 Å². The number of halogens is 1. The molecule has 1 unspecified atom stereocenters. The van der Waals surface area contributed by atoms with Crippen LogP contribution in [-0.4, -0.2) is 37.6 Å². The minimum Gasteiger partial charge on any atom is -0.378 e. The normalized spacial score (nSPS) is 16.6. The highest BCUT2D eigenvalue weighted by atomic mass is 35.5. The monoisotopic (exact) mass is 381 g/mol. The minimum absolute atomic E-state index is 0. The molecule has 2 aromatic rings. The summed E-state index contributed by atoms with van der Waals surface area (Å²) < 4.78 is 5.34. The Morgan fingerprint density at radius 1 is 1.20 bits per heavy atom. The largest absolute Gasteiger partial charge is 0.378 e. The Kier molecular flexibility index (Phi) is 7.39. The van der Waals surface area contributed by atoms with E-state index >= 15 is 0 Å². The first-order valence-corrected chi connectivity index (χ1v) is 8.64. The van der Waals surface area contributed by atoms with E-state index in [1.807, 2.05) is 11.4 Å². The van der Waals surface area contributed by atoms with Gasteiger partial charge in [-0.3, -0.25) is 9.59 Å². The number of ether oxygens (including phenoxy) is 1. The predicted octanol–water partition coefficient (Wildman–Crippen LogP) is 2.74. The van der Waals surface area contributed by atoms with E-state index in [1.165, 1.54) is 11.3 Å². The number of carbonyl (C=O) groups is 2. The summed E-state index contributed by atoms with van der Waals surface area (Å²) in [6.45, 7) is 2.00. The van der Waals surface area contributed by atoms with Crippen molar-refractivity contribution in [3.05, 3.63) is 46.7 Å². The molecule has 3 rings (SSSR count). The van der Waals surface area contributed by atoms with Gasteiger partial charge in [-0.05, 0) is 29.6 Å². The SMILES string of the molecule is Cl.O=C(CC1COCCN1)Nc1cccc(NC(=O)c2cccs2)c1. The van der Waals surface area contributed by atoms with Crippen molar-refractivity contribution in [2.24, 2.45) is 0 Å². The molecule has 3 N–H and O–H groups in total. The van der Waals surface area contributed by atoms with Crippen LogP contribution in [0.2, 0.25) is 0 Å². The van der Waals surface area contributed by atoms with Crippen LogP contribution < -0.4 is 16.0 Å². The third kappa shape index (κ3) is 5.82. The molecule has 1 atom stereocenters. The number of carbonyl (C=O) groups excluding carboxylic acids is 2. The molecule has 0 saturated carbocycles. The first kappa shape index (κ1) is 19.4. The first-order valence-electron chi connectivity index (χ1n) is 7.76. The number of anilines is 2. The van der Waals surface area contributed by atoms with Gasteiger partial charge in [0, 0.05) is 30.4 Å². The smallest absolute Gasteiger partial charge is 0.265 e. The van der Waals surface area contributed by atoms with E-state index in [0.29, 0.717) is 35.9 Å². The van der Waals surface area contributed by atoms with Crippen LogP contribution in [0.15, 0.2) is 41.8 Å². The molecule has 0 radical (unpaired) electrons. The van der Waals surface area contributed by atoms with E-state index in [9.17, 15) is 9.59 Å². The number of morpholine rings is 1. The zero-order valence-electron chi connectivity index (χ0n) is 13.5. The Labute approximate surface area is 156 Å². The number of rotatable bonds is 5. The highest BCUT2D eigenvalue weighted by Crippen LogP contribution is 2.18. The van der Waals surface area contributed by atoms with Gasteiger partial charge in [0.05, 0.1) is 18.1 Å². The maximum absolute atomic E-state index is 12.1. The Morgan fingerprint density at radius 3 is 2.68 bits per heavy atom. The second-order valence-electron chi connectivity index (χ2n) is 5.49. The average molecular weight is 382 g/mol. The van der Waals surface area contributed by atoms with Crippen LogP contribution in [0.5, 0.6) is 0 Å². The summed E-state index contributed by atoms with van der Waals surface area (Å²) in [5.74, 6) is -0.239. The van der Waals surface area contributed by atoms with Crippen LogP contribution in [-0.2, 0) is 9.53 Å². The summed E-state index contributed by atoms with van der Waals surface area (Å²) in [5.41, 5.74) is 1.30. The predicted molar refractivity (Wildman–Crippen MR) is 102 cm³/mol. The number of hydrogen-bond acceptors (Lipinski definition) is 5. The maximum atomic E-state index is 12.1. The molecular formula is C17H20ClN3O3S. The summed E-state index contributed by atoms with van der Waals surface area (Å²) in [4.78, 5) is 24.8. The van der Waals surface area contributed by atoms with Gasteiger partial charge < -0.3 is 20.7 Å². The molecule has 0 aliphatic carbocycles. The van der Waals surface area contributed by atoms with Gasteiger partial charge in [0.15, 0.2) is 0 Å². The molecule has 1 aliphatic rings. The van der Waals surface area contributed by atoms with Gasteiger partial charge >= 0.3 is 0 Å². The van der Waals surface area contributed by atoms with Gasteiger partial charge in [0.25, 0.3) is 5.91 Å². The van der Waals surface area contributed by atoms with Crippen molar-refractivity contribution in [2.45, 2.75) is 12.5 Å². The van der Waals surface area contributed by atoms with Crippen LogP contribution in [0.4, 0.5) is 11.4 Å². The van der Waals surface area contributed by atoms with Gasteiger partial charge in [-0.25, -0.2) is 0 Å². The topological polar surface area (TPSA) is 79.5 Å². The Hall–Kier alpha value is -1.93. The van der Waals surface area contributed by atoms with Crippen molar-refractivity contribution in [3.8, 4) is 0 Å². The lowest BCUT2D eigenvalue weighted by molar-refractivity contribution is -0.117. The van der Waals surface area contributed by atoms with Gasteiger partial charge in [0.1, 0.15) is 0 Å². The zero-order chi connectivity index (χ0) is 16.8. The molecule has 1 aliphatic heterocycles. The lowest BCUT2D eigenvalue weighted by Gasteiger charge is -2.23.